The first-order chi connectivity index (χ1) is 16.8. The Kier molecular flexibility index (Phi) is 6.70. The van der Waals surface area contributed by atoms with Crippen molar-refractivity contribution < 1.29 is 19.2 Å². The Balaban J connectivity index is 0.000000527. The molecule has 4 aromatic rings. The number of imide groups is 1. The molecule has 0 fully saturated rings. The Morgan fingerprint density at radius 3 is 2.26 bits per heavy atom. The second-order valence-corrected chi connectivity index (χ2v) is 9.21. The fraction of sp³-hybridized carbons (Fsp3) is 0.115. The number of aryl methyl sites for hydroxylation is 1. The number of nitrogens with one attached hydrogen (secondary N) is 1. The maximum absolute atomic E-state index is 12.8. The van der Waals surface area contributed by atoms with E-state index >= 15 is 0 Å². The molecule has 4 amide bonds. The standard InChI is InChI=1S/C23H15N3O3S.C3H7NO/c1-13-24-19-10-9-15(12-20(19)30-13)25-21(27)14-5-4-6-16(11-14)26-22(28)17-7-2-3-8-18(17)23(26)29;1-4(2)3-5/h2-12H,1H3,(H,25,27);3H,1-2H3. The summed E-state index contributed by atoms with van der Waals surface area (Å²) in [6.45, 7) is 1.94. The molecule has 1 aliphatic rings. The highest BCUT2D eigenvalue weighted by Crippen LogP contribution is 2.29. The van der Waals surface area contributed by atoms with Gasteiger partial charge in [-0.05, 0) is 55.5 Å². The van der Waals surface area contributed by atoms with Crippen LogP contribution >= 0.6 is 11.3 Å². The highest BCUT2D eigenvalue weighted by atomic mass is 32.1. The number of benzene rings is 3. The van der Waals surface area contributed by atoms with Crippen LogP contribution in [0.5, 0.6) is 0 Å². The van der Waals surface area contributed by atoms with E-state index in [1.807, 2.05) is 19.1 Å². The topological polar surface area (TPSA) is 99.7 Å². The molecule has 1 N–H and O–H groups in total. The third-order valence-corrected chi connectivity index (χ3v) is 6.06. The summed E-state index contributed by atoms with van der Waals surface area (Å²) < 4.78 is 0.991. The fourth-order valence-electron chi connectivity index (χ4n) is 3.53. The van der Waals surface area contributed by atoms with Crippen LogP contribution in [0.15, 0.2) is 66.7 Å². The Hall–Kier alpha value is -4.37. The van der Waals surface area contributed by atoms with Gasteiger partial charge in [0.25, 0.3) is 17.7 Å². The number of amides is 4. The maximum atomic E-state index is 12.8. The molecule has 0 bridgehead atoms. The van der Waals surface area contributed by atoms with Crippen molar-refractivity contribution in [1.29, 1.82) is 0 Å². The molecule has 0 spiro atoms. The van der Waals surface area contributed by atoms with Gasteiger partial charge < -0.3 is 10.2 Å². The van der Waals surface area contributed by atoms with E-state index in [0.717, 1.165) is 26.5 Å². The molecular formula is C26H22N4O4S. The van der Waals surface area contributed by atoms with Crippen molar-refractivity contribution in [3.8, 4) is 0 Å². The van der Waals surface area contributed by atoms with Gasteiger partial charge in [-0.25, -0.2) is 9.88 Å². The van der Waals surface area contributed by atoms with Gasteiger partial charge in [0, 0.05) is 25.3 Å². The summed E-state index contributed by atoms with van der Waals surface area (Å²) in [4.78, 5) is 54.6. The fourth-order valence-corrected chi connectivity index (χ4v) is 4.40. The molecule has 5 rings (SSSR count). The zero-order chi connectivity index (χ0) is 25.1. The van der Waals surface area contributed by atoms with Crippen LogP contribution in [0, 0.1) is 6.92 Å². The molecule has 2 heterocycles. The van der Waals surface area contributed by atoms with E-state index in [9.17, 15) is 19.2 Å². The van der Waals surface area contributed by atoms with E-state index in [2.05, 4.69) is 10.3 Å². The summed E-state index contributed by atoms with van der Waals surface area (Å²) in [5.41, 5.74) is 2.99. The van der Waals surface area contributed by atoms with Gasteiger partial charge in [-0.1, -0.05) is 18.2 Å². The number of carbonyl (C=O) groups excluding carboxylic acids is 4. The molecular weight excluding hydrogens is 464 g/mol. The first-order valence-electron chi connectivity index (χ1n) is 10.7. The van der Waals surface area contributed by atoms with Crippen molar-refractivity contribution in [3.05, 3.63) is 88.4 Å². The lowest BCUT2D eigenvalue weighted by atomic mass is 10.1. The van der Waals surface area contributed by atoms with Crippen molar-refractivity contribution in [1.82, 2.24) is 9.88 Å². The molecule has 0 radical (unpaired) electrons. The molecule has 176 valence electrons. The Morgan fingerprint density at radius 1 is 0.971 bits per heavy atom. The van der Waals surface area contributed by atoms with Crippen LogP contribution < -0.4 is 10.2 Å². The lowest BCUT2D eigenvalue weighted by Gasteiger charge is -2.15. The van der Waals surface area contributed by atoms with Gasteiger partial charge in [0.1, 0.15) is 0 Å². The zero-order valence-electron chi connectivity index (χ0n) is 19.3. The third-order valence-electron chi connectivity index (χ3n) is 5.12. The second-order valence-electron chi connectivity index (χ2n) is 7.98. The quantitative estimate of drug-likeness (QED) is 0.341. The predicted octanol–water partition coefficient (Wildman–Crippen LogP) is 4.36. The van der Waals surface area contributed by atoms with Gasteiger partial charge in [-0.3, -0.25) is 19.2 Å². The summed E-state index contributed by atoms with van der Waals surface area (Å²) in [6, 6.07) is 18.7. The maximum Gasteiger partial charge on any atom is 0.266 e. The Morgan fingerprint density at radius 2 is 1.63 bits per heavy atom. The first kappa shape index (κ1) is 23.8. The number of fused-ring (bicyclic) bond motifs is 2. The minimum atomic E-state index is -0.390. The molecule has 3 aromatic carbocycles. The summed E-state index contributed by atoms with van der Waals surface area (Å²) in [7, 11) is 3.38. The molecule has 0 aliphatic carbocycles. The summed E-state index contributed by atoms with van der Waals surface area (Å²) in [5, 5.41) is 3.83. The smallest absolute Gasteiger partial charge is 0.266 e. The monoisotopic (exact) mass is 486 g/mol. The van der Waals surface area contributed by atoms with E-state index < -0.39 is 0 Å². The average molecular weight is 487 g/mol. The molecule has 35 heavy (non-hydrogen) atoms. The van der Waals surface area contributed by atoms with Crippen LogP contribution in [0.3, 0.4) is 0 Å². The lowest BCUT2D eigenvalue weighted by molar-refractivity contribution is -0.115. The van der Waals surface area contributed by atoms with E-state index in [0.29, 0.717) is 28.1 Å². The van der Waals surface area contributed by atoms with E-state index in [1.165, 1.54) is 4.90 Å². The van der Waals surface area contributed by atoms with Crippen molar-refractivity contribution in [3.63, 3.8) is 0 Å². The van der Waals surface area contributed by atoms with Crippen LogP contribution in [0.4, 0.5) is 11.4 Å². The van der Waals surface area contributed by atoms with Gasteiger partial charge in [-0.15, -0.1) is 11.3 Å². The summed E-state index contributed by atoms with van der Waals surface area (Å²) in [5.74, 6) is -1.10. The van der Waals surface area contributed by atoms with E-state index in [1.54, 1.807) is 80.0 Å². The molecule has 8 nitrogen and oxygen atoms in total. The largest absolute Gasteiger partial charge is 0.351 e. The van der Waals surface area contributed by atoms with Gasteiger partial charge >= 0.3 is 0 Å². The van der Waals surface area contributed by atoms with Gasteiger partial charge in [0.2, 0.25) is 6.41 Å². The number of nitrogens with zero attached hydrogens (tertiary/aromatic N) is 3. The van der Waals surface area contributed by atoms with Crippen molar-refractivity contribution >= 4 is 57.1 Å². The van der Waals surface area contributed by atoms with Crippen LogP contribution in [-0.4, -0.2) is 48.1 Å². The molecule has 1 aromatic heterocycles. The molecule has 1 aliphatic heterocycles. The average Bonchev–Trinajstić information content (AvgIpc) is 3.35. The Bertz CT molecular complexity index is 1430. The minimum Gasteiger partial charge on any atom is -0.351 e. The molecule has 0 atom stereocenters. The number of carbonyl (C=O) groups is 4. The van der Waals surface area contributed by atoms with Crippen LogP contribution in [-0.2, 0) is 4.79 Å². The minimum absolute atomic E-state index is 0.325. The number of thiazole rings is 1. The SMILES string of the molecule is CN(C)C=O.Cc1nc2ccc(NC(=O)c3cccc(N4C(=O)c5ccccc5C4=O)c3)cc2s1. The van der Waals surface area contributed by atoms with Crippen LogP contribution in [0.2, 0.25) is 0 Å². The normalized spacial score (nSPS) is 12.1. The number of rotatable bonds is 4. The van der Waals surface area contributed by atoms with Crippen molar-refractivity contribution in [2.24, 2.45) is 0 Å². The molecule has 0 saturated carbocycles. The number of anilines is 2. The predicted molar refractivity (Wildman–Crippen MR) is 136 cm³/mol. The first-order valence-corrected chi connectivity index (χ1v) is 11.5. The van der Waals surface area contributed by atoms with E-state index in [-0.39, 0.29) is 17.7 Å². The second kappa shape index (κ2) is 9.86. The summed E-state index contributed by atoms with van der Waals surface area (Å²) >= 11 is 1.56. The van der Waals surface area contributed by atoms with E-state index in [4.69, 9.17) is 0 Å². The highest BCUT2D eigenvalue weighted by molar-refractivity contribution is 7.18. The zero-order valence-corrected chi connectivity index (χ0v) is 20.1. The van der Waals surface area contributed by atoms with Crippen LogP contribution in [0.25, 0.3) is 10.2 Å². The number of hydrogen-bond donors (Lipinski definition) is 1. The van der Waals surface area contributed by atoms with Crippen LogP contribution in [0.1, 0.15) is 36.1 Å². The van der Waals surface area contributed by atoms with Crippen molar-refractivity contribution in [2.75, 3.05) is 24.3 Å². The van der Waals surface area contributed by atoms with Gasteiger partial charge in [0.15, 0.2) is 0 Å². The number of aromatic nitrogens is 1. The van der Waals surface area contributed by atoms with Gasteiger partial charge in [0.05, 0.1) is 32.0 Å². The van der Waals surface area contributed by atoms with Crippen molar-refractivity contribution in [2.45, 2.75) is 6.92 Å². The lowest BCUT2D eigenvalue weighted by Crippen LogP contribution is -2.29. The Labute approximate surface area is 205 Å². The molecule has 0 saturated heterocycles. The molecule has 9 heteroatoms. The van der Waals surface area contributed by atoms with Gasteiger partial charge in [-0.2, -0.15) is 0 Å². The third kappa shape index (κ3) is 4.95. The highest BCUT2D eigenvalue weighted by Gasteiger charge is 2.36. The number of hydrogen-bond acceptors (Lipinski definition) is 6. The molecule has 0 unspecified atom stereocenters. The summed E-state index contributed by atoms with van der Waals surface area (Å²) in [6.07, 6.45) is 0.750.